The quantitative estimate of drug-likeness (QED) is 0.480. The summed E-state index contributed by atoms with van der Waals surface area (Å²) in [7, 11) is 0. The van der Waals surface area contributed by atoms with Crippen LogP contribution in [0.1, 0.15) is 31.9 Å². The number of benzene rings is 2. The number of carbonyl (C=O) groups is 2. The maximum Gasteiger partial charge on any atom is 0.242 e. The number of hydrogen-bond donors (Lipinski definition) is 1. The molecule has 0 aromatic heterocycles. The first-order chi connectivity index (χ1) is 14.7. The lowest BCUT2D eigenvalue weighted by molar-refractivity contribution is -0.138. The van der Waals surface area contributed by atoms with Crippen LogP contribution in [-0.4, -0.2) is 35.1 Å². The minimum absolute atomic E-state index is 0.165. The van der Waals surface area contributed by atoms with Gasteiger partial charge < -0.3 is 10.2 Å². The second-order valence-corrected chi connectivity index (χ2v) is 9.50. The van der Waals surface area contributed by atoms with Crippen molar-refractivity contribution in [2.75, 3.05) is 12.3 Å². The summed E-state index contributed by atoms with van der Waals surface area (Å²) in [5.41, 5.74) is 1.72. The Labute approximate surface area is 197 Å². The molecule has 1 N–H and O–H groups in total. The first-order valence-corrected chi connectivity index (χ1v) is 11.9. The Hall–Kier alpha value is -1.76. The van der Waals surface area contributed by atoms with Crippen molar-refractivity contribution in [3.63, 3.8) is 0 Å². The highest BCUT2D eigenvalue weighted by Crippen LogP contribution is 2.25. The maximum atomic E-state index is 13.3. The van der Waals surface area contributed by atoms with E-state index in [4.69, 9.17) is 23.2 Å². The molecule has 0 heterocycles. The molecule has 31 heavy (non-hydrogen) atoms. The lowest BCUT2D eigenvalue weighted by atomic mass is 10.1. The van der Waals surface area contributed by atoms with Crippen molar-refractivity contribution in [1.82, 2.24) is 10.2 Å². The third-order valence-electron chi connectivity index (χ3n) is 4.60. The highest BCUT2D eigenvalue weighted by molar-refractivity contribution is 7.99. The predicted molar refractivity (Wildman–Crippen MR) is 127 cm³/mol. The van der Waals surface area contributed by atoms with Gasteiger partial charge in [-0.3, -0.25) is 9.59 Å². The van der Waals surface area contributed by atoms with Crippen LogP contribution >= 0.6 is 35.0 Å². The first kappa shape index (κ1) is 25.5. The van der Waals surface area contributed by atoms with Crippen LogP contribution < -0.4 is 5.32 Å². The molecule has 1 unspecified atom stereocenters. The molecule has 0 aliphatic rings. The monoisotopic (exact) mass is 484 g/mol. The van der Waals surface area contributed by atoms with Gasteiger partial charge in [0.25, 0.3) is 0 Å². The molecule has 2 aromatic rings. The van der Waals surface area contributed by atoms with E-state index in [9.17, 15) is 14.0 Å². The number of rotatable bonds is 10. The molecule has 2 aromatic carbocycles. The number of halogens is 3. The highest BCUT2D eigenvalue weighted by Gasteiger charge is 2.26. The van der Waals surface area contributed by atoms with Crippen molar-refractivity contribution in [3.8, 4) is 0 Å². The number of amides is 2. The summed E-state index contributed by atoms with van der Waals surface area (Å²) in [6.07, 6.45) is 0. The Bertz CT molecular complexity index is 894. The molecule has 4 nitrogen and oxygen atoms in total. The average molecular weight is 485 g/mol. The second-order valence-electron chi connectivity index (χ2n) is 7.70. The maximum absolute atomic E-state index is 13.3. The summed E-state index contributed by atoms with van der Waals surface area (Å²) in [6, 6.07) is 10.7. The van der Waals surface area contributed by atoms with E-state index >= 15 is 0 Å². The van der Waals surface area contributed by atoms with E-state index in [0.29, 0.717) is 28.3 Å². The van der Waals surface area contributed by atoms with Crippen LogP contribution in [0.2, 0.25) is 10.0 Å². The standard InChI is InChI=1S/C23H27Cl2FN2O2S/c1-15(2)11-27-23(30)16(3)28(12-17-4-7-19(26)8-5-17)22(29)14-31-13-18-6-9-20(24)21(25)10-18/h4-10,15-16H,11-14H2,1-3H3,(H,27,30). The fourth-order valence-electron chi connectivity index (χ4n) is 2.79. The molecule has 0 saturated heterocycles. The average Bonchev–Trinajstić information content (AvgIpc) is 2.73. The molecular weight excluding hydrogens is 458 g/mol. The van der Waals surface area contributed by atoms with Gasteiger partial charge in [0, 0.05) is 18.8 Å². The topological polar surface area (TPSA) is 49.4 Å². The van der Waals surface area contributed by atoms with Gasteiger partial charge in [-0.25, -0.2) is 4.39 Å². The summed E-state index contributed by atoms with van der Waals surface area (Å²) in [6.45, 7) is 6.48. The van der Waals surface area contributed by atoms with E-state index in [-0.39, 0.29) is 29.9 Å². The van der Waals surface area contributed by atoms with Crippen molar-refractivity contribution < 1.29 is 14.0 Å². The summed E-state index contributed by atoms with van der Waals surface area (Å²) >= 11 is 13.4. The van der Waals surface area contributed by atoms with Gasteiger partial charge >= 0.3 is 0 Å². The summed E-state index contributed by atoms with van der Waals surface area (Å²) in [5, 5.41) is 3.83. The van der Waals surface area contributed by atoms with E-state index in [0.717, 1.165) is 11.1 Å². The van der Waals surface area contributed by atoms with Gasteiger partial charge in [-0.05, 0) is 48.2 Å². The molecule has 0 spiro atoms. The lowest BCUT2D eigenvalue weighted by Crippen LogP contribution is -2.48. The molecule has 0 aliphatic heterocycles. The van der Waals surface area contributed by atoms with E-state index in [1.54, 1.807) is 31.2 Å². The van der Waals surface area contributed by atoms with Crippen LogP contribution in [0.25, 0.3) is 0 Å². The van der Waals surface area contributed by atoms with Crippen molar-refractivity contribution in [1.29, 1.82) is 0 Å². The largest absolute Gasteiger partial charge is 0.354 e. The Morgan fingerprint density at radius 1 is 1.03 bits per heavy atom. The van der Waals surface area contributed by atoms with Crippen LogP contribution in [0.5, 0.6) is 0 Å². The summed E-state index contributed by atoms with van der Waals surface area (Å²) < 4.78 is 13.3. The molecule has 0 aliphatic carbocycles. The number of nitrogens with one attached hydrogen (secondary N) is 1. The molecule has 2 rings (SSSR count). The lowest BCUT2D eigenvalue weighted by Gasteiger charge is -2.29. The van der Waals surface area contributed by atoms with Crippen molar-refractivity contribution in [2.24, 2.45) is 5.92 Å². The molecule has 0 fully saturated rings. The molecule has 2 amide bonds. The van der Waals surface area contributed by atoms with E-state index in [1.807, 2.05) is 19.9 Å². The molecule has 168 valence electrons. The van der Waals surface area contributed by atoms with Crippen LogP contribution in [0.3, 0.4) is 0 Å². The molecule has 0 radical (unpaired) electrons. The van der Waals surface area contributed by atoms with E-state index in [2.05, 4.69) is 5.32 Å². The molecule has 8 heteroatoms. The van der Waals surface area contributed by atoms with E-state index < -0.39 is 6.04 Å². The number of nitrogens with zero attached hydrogens (tertiary/aromatic N) is 1. The van der Waals surface area contributed by atoms with Crippen molar-refractivity contribution in [2.45, 2.75) is 39.1 Å². The SMILES string of the molecule is CC(C)CNC(=O)C(C)N(Cc1ccc(F)cc1)C(=O)CSCc1ccc(Cl)c(Cl)c1. The smallest absolute Gasteiger partial charge is 0.242 e. The number of carbonyl (C=O) groups excluding carboxylic acids is 2. The predicted octanol–water partition coefficient (Wildman–Crippen LogP) is 5.56. The first-order valence-electron chi connectivity index (χ1n) is 10.0. The third-order valence-corrected chi connectivity index (χ3v) is 6.32. The zero-order chi connectivity index (χ0) is 23.0. The Morgan fingerprint density at radius 3 is 2.29 bits per heavy atom. The zero-order valence-electron chi connectivity index (χ0n) is 17.8. The summed E-state index contributed by atoms with van der Waals surface area (Å²) in [4.78, 5) is 27.1. The second kappa shape index (κ2) is 12.3. The normalized spacial score (nSPS) is 12.0. The van der Waals surface area contributed by atoms with Crippen LogP contribution in [-0.2, 0) is 21.9 Å². The van der Waals surface area contributed by atoms with Gasteiger partial charge in [0.05, 0.1) is 15.8 Å². The zero-order valence-corrected chi connectivity index (χ0v) is 20.2. The molecule has 1 atom stereocenters. The molecule has 0 bridgehead atoms. The van der Waals surface area contributed by atoms with E-state index in [1.165, 1.54) is 28.8 Å². The van der Waals surface area contributed by atoms with Gasteiger partial charge in [-0.15, -0.1) is 11.8 Å². The van der Waals surface area contributed by atoms with Gasteiger partial charge in [0.2, 0.25) is 11.8 Å². The van der Waals surface area contributed by atoms with Crippen LogP contribution in [0.4, 0.5) is 4.39 Å². The van der Waals surface area contributed by atoms with Gasteiger partial charge in [-0.2, -0.15) is 0 Å². The fourth-order valence-corrected chi connectivity index (χ4v) is 3.97. The number of hydrogen-bond acceptors (Lipinski definition) is 3. The van der Waals surface area contributed by atoms with Crippen LogP contribution in [0.15, 0.2) is 42.5 Å². The highest BCUT2D eigenvalue weighted by atomic mass is 35.5. The van der Waals surface area contributed by atoms with Gasteiger partial charge in [0.1, 0.15) is 11.9 Å². The van der Waals surface area contributed by atoms with Crippen LogP contribution in [0, 0.1) is 11.7 Å². The summed E-state index contributed by atoms with van der Waals surface area (Å²) in [5.74, 6) is 0.366. The fraction of sp³-hybridized carbons (Fsp3) is 0.391. The number of thioether (sulfide) groups is 1. The molecular formula is C23H27Cl2FN2O2S. The van der Waals surface area contributed by atoms with Crippen molar-refractivity contribution in [3.05, 3.63) is 69.5 Å². The van der Waals surface area contributed by atoms with Crippen molar-refractivity contribution >= 4 is 46.8 Å². The van der Waals surface area contributed by atoms with Gasteiger partial charge in [-0.1, -0.05) is 55.2 Å². The third kappa shape index (κ3) is 8.36. The van der Waals surface area contributed by atoms with Gasteiger partial charge in [0.15, 0.2) is 0 Å². The minimum atomic E-state index is -0.651. The Kier molecular flexibility index (Phi) is 10.1. The Balaban J connectivity index is 2.05. The minimum Gasteiger partial charge on any atom is -0.354 e. The molecule has 0 saturated carbocycles. The Morgan fingerprint density at radius 2 is 1.68 bits per heavy atom.